The molecule has 0 aliphatic carbocycles. The SMILES string of the molecule is N#Cc1cncc2c(Br)c(F)ccc12. The molecular weight excluding hydrogens is 247 g/mol. The van der Waals surface area contributed by atoms with Gasteiger partial charge in [0.2, 0.25) is 0 Å². The van der Waals surface area contributed by atoms with E-state index in [4.69, 9.17) is 5.26 Å². The van der Waals surface area contributed by atoms with Gasteiger partial charge < -0.3 is 0 Å². The fourth-order valence-corrected chi connectivity index (χ4v) is 1.72. The zero-order chi connectivity index (χ0) is 10.1. The lowest BCUT2D eigenvalue weighted by Crippen LogP contribution is -1.86. The van der Waals surface area contributed by atoms with E-state index in [1.165, 1.54) is 18.5 Å². The molecule has 1 aromatic heterocycles. The van der Waals surface area contributed by atoms with Gasteiger partial charge in [0.15, 0.2) is 0 Å². The molecular formula is C10H4BrFN2. The van der Waals surface area contributed by atoms with Crippen LogP contribution in [0, 0.1) is 17.1 Å². The molecule has 0 fully saturated rings. The molecule has 2 nitrogen and oxygen atoms in total. The Bertz CT molecular complexity index is 546. The summed E-state index contributed by atoms with van der Waals surface area (Å²) in [6, 6.07) is 4.92. The van der Waals surface area contributed by atoms with E-state index in [0.29, 0.717) is 20.8 Å². The van der Waals surface area contributed by atoms with Gasteiger partial charge in [-0.25, -0.2) is 4.39 Å². The minimum absolute atomic E-state index is 0.347. The smallest absolute Gasteiger partial charge is 0.138 e. The van der Waals surface area contributed by atoms with Crippen LogP contribution < -0.4 is 0 Å². The summed E-state index contributed by atoms with van der Waals surface area (Å²) in [5.41, 5.74) is 0.447. The molecule has 68 valence electrons. The third-order valence-corrected chi connectivity index (χ3v) is 2.76. The van der Waals surface area contributed by atoms with Crippen molar-refractivity contribution in [3.05, 3.63) is 40.4 Å². The Morgan fingerprint density at radius 2 is 2.07 bits per heavy atom. The van der Waals surface area contributed by atoms with Crippen LogP contribution in [0.2, 0.25) is 0 Å². The molecule has 0 aliphatic rings. The first kappa shape index (κ1) is 9.10. The van der Waals surface area contributed by atoms with E-state index in [2.05, 4.69) is 20.9 Å². The molecule has 2 aromatic rings. The van der Waals surface area contributed by atoms with Crippen molar-refractivity contribution < 1.29 is 4.39 Å². The lowest BCUT2D eigenvalue weighted by atomic mass is 10.1. The minimum atomic E-state index is -0.352. The fraction of sp³-hybridized carbons (Fsp3) is 0. The lowest BCUT2D eigenvalue weighted by molar-refractivity contribution is 0.623. The van der Waals surface area contributed by atoms with Crippen LogP contribution in [0.15, 0.2) is 29.0 Å². The Labute approximate surface area is 88.1 Å². The van der Waals surface area contributed by atoms with E-state index in [-0.39, 0.29) is 5.82 Å². The third kappa shape index (κ3) is 1.26. The summed E-state index contributed by atoms with van der Waals surface area (Å²) in [4.78, 5) is 3.87. The van der Waals surface area contributed by atoms with Crippen LogP contribution in [0.25, 0.3) is 10.8 Å². The lowest BCUT2D eigenvalue weighted by Gasteiger charge is -2.02. The van der Waals surface area contributed by atoms with Crippen LogP contribution in [0.5, 0.6) is 0 Å². The van der Waals surface area contributed by atoms with Gasteiger partial charge in [0.05, 0.1) is 10.0 Å². The molecule has 14 heavy (non-hydrogen) atoms. The van der Waals surface area contributed by atoms with E-state index in [1.54, 1.807) is 6.07 Å². The molecule has 0 saturated heterocycles. The summed E-state index contributed by atoms with van der Waals surface area (Å²) in [6.07, 6.45) is 3.00. The maximum absolute atomic E-state index is 13.1. The summed E-state index contributed by atoms with van der Waals surface area (Å²) in [5.74, 6) is -0.352. The summed E-state index contributed by atoms with van der Waals surface area (Å²) in [7, 11) is 0. The highest BCUT2D eigenvalue weighted by Gasteiger charge is 2.07. The Morgan fingerprint density at radius 3 is 2.79 bits per heavy atom. The van der Waals surface area contributed by atoms with Gasteiger partial charge in [0.25, 0.3) is 0 Å². The topological polar surface area (TPSA) is 36.7 Å². The predicted octanol–water partition coefficient (Wildman–Crippen LogP) is 3.01. The first-order valence-electron chi connectivity index (χ1n) is 3.86. The number of fused-ring (bicyclic) bond motifs is 1. The van der Waals surface area contributed by atoms with Gasteiger partial charge in [-0.1, -0.05) is 0 Å². The van der Waals surface area contributed by atoms with E-state index in [1.807, 2.05) is 6.07 Å². The Kier molecular flexibility index (Phi) is 2.18. The van der Waals surface area contributed by atoms with Crippen LogP contribution in [0.1, 0.15) is 5.56 Å². The van der Waals surface area contributed by atoms with Gasteiger partial charge in [-0.05, 0) is 28.1 Å². The van der Waals surface area contributed by atoms with Gasteiger partial charge in [-0.3, -0.25) is 4.98 Å². The molecule has 4 heteroatoms. The average Bonchev–Trinajstić information content (AvgIpc) is 2.23. The van der Waals surface area contributed by atoms with Gasteiger partial charge in [-0.2, -0.15) is 5.26 Å². The van der Waals surface area contributed by atoms with Crippen molar-refractivity contribution in [3.63, 3.8) is 0 Å². The van der Waals surface area contributed by atoms with Crippen molar-refractivity contribution in [2.45, 2.75) is 0 Å². The number of aromatic nitrogens is 1. The largest absolute Gasteiger partial charge is 0.263 e. The van der Waals surface area contributed by atoms with Crippen molar-refractivity contribution in [1.29, 1.82) is 5.26 Å². The van der Waals surface area contributed by atoms with Crippen molar-refractivity contribution >= 4 is 26.7 Å². The summed E-state index contributed by atoms with van der Waals surface area (Å²) >= 11 is 3.12. The highest BCUT2D eigenvalue weighted by atomic mass is 79.9. The molecule has 0 N–H and O–H groups in total. The van der Waals surface area contributed by atoms with E-state index in [9.17, 15) is 4.39 Å². The third-order valence-electron chi connectivity index (χ3n) is 1.95. The second-order valence-corrected chi connectivity index (χ2v) is 3.55. The first-order chi connectivity index (χ1) is 6.74. The number of nitriles is 1. The maximum Gasteiger partial charge on any atom is 0.138 e. The molecule has 0 bridgehead atoms. The number of halogens is 2. The molecule has 0 spiro atoms. The fourth-order valence-electron chi connectivity index (χ4n) is 1.27. The van der Waals surface area contributed by atoms with Crippen LogP contribution in [-0.2, 0) is 0 Å². The standard InChI is InChI=1S/C10H4BrFN2/c11-10-8-5-14-4-6(3-13)7(8)1-2-9(10)12/h1-2,4-5H. The van der Waals surface area contributed by atoms with Crippen LogP contribution >= 0.6 is 15.9 Å². The number of rotatable bonds is 0. The predicted molar refractivity (Wildman–Crippen MR) is 54.1 cm³/mol. The second kappa shape index (κ2) is 3.35. The zero-order valence-electron chi connectivity index (χ0n) is 6.96. The summed E-state index contributed by atoms with van der Waals surface area (Å²) in [5, 5.41) is 10.1. The molecule has 2 rings (SSSR count). The van der Waals surface area contributed by atoms with Crippen LogP contribution in [-0.4, -0.2) is 4.98 Å². The number of pyridine rings is 1. The first-order valence-corrected chi connectivity index (χ1v) is 4.65. The zero-order valence-corrected chi connectivity index (χ0v) is 8.55. The van der Waals surface area contributed by atoms with E-state index >= 15 is 0 Å². The molecule has 0 aliphatic heterocycles. The van der Waals surface area contributed by atoms with Crippen molar-refractivity contribution in [2.75, 3.05) is 0 Å². The molecule has 1 heterocycles. The van der Waals surface area contributed by atoms with E-state index < -0.39 is 0 Å². The Morgan fingerprint density at radius 1 is 1.29 bits per heavy atom. The molecule has 0 saturated carbocycles. The van der Waals surface area contributed by atoms with Crippen LogP contribution in [0.4, 0.5) is 4.39 Å². The van der Waals surface area contributed by atoms with Gasteiger partial charge in [0, 0.05) is 23.2 Å². The van der Waals surface area contributed by atoms with Gasteiger partial charge >= 0.3 is 0 Å². The van der Waals surface area contributed by atoms with Gasteiger partial charge in [0.1, 0.15) is 11.9 Å². The molecule has 0 amide bonds. The monoisotopic (exact) mass is 250 g/mol. The maximum atomic E-state index is 13.1. The number of nitrogens with zero attached hydrogens (tertiary/aromatic N) is 2. The minimum Gasteiger partial charge on any atom is -0.263 e. The number of benzene rings is 1. The average molecular weight is 251 g/mol. The highest BCUT2D eigenvalue weighted by molar-refractivity contribution is 9.10. The molecule has 1 aromatic carbocycles. The van der Waals surface area contributed by atoms with Crippen molar-refractivity contribution in [3.8, 4) is 6.07 Å². The molecule has 0 atom stereocenters. The van der Waals surface area contributed by atoms with Crippen molar-refractivity contribution in [1.82, 2.24) is 4.98 Å². The Balaban J connectivity index is 2.95. The quantitative estimate of drug-likeness (QED) is 0.721. The summed E-state index contributed by atoms with van der Waals surface area (Å²) < 4.78 is 13.5. The number of hydrogen-bond donors (Lipinski definition) is 0. The summed E-state index contributed by atoms with van der Waals surface area (Å²) in [6.45, 7) is 0. The Hall–Kier alpha value is -1.47. The second-order valence-electron chi connectivity index (χ2n) is 2.76. The van der Waals surface area contributed by atoms with E-state index in [0.717, 1.165) is 0 Å². The molecule has 0 unspecified atom stereocenters. The van der Waals surface area contributed by atoms with Crippen molar-refractivity contribution in [2.24, 2.45) is 0 Å². The van der Waals surface area contributed by atoms with Crippen LogP contribution in [0.3, 0.4) is 0 Å². The normalized spacial score (nSPS) is 10.1. The van der Waals surface area contributed by atoms with Gasteiger partial charge in [-0.15, -0.1) is 0 Å². The highest BCUT2D eigenvalue weighted by Crippen LogP contribution is 2.27. The number of hydrogen-bond acceptors (Lipinski definition) is 2. The molecule has 0 radical (unpaired) electrons.